The van der Waals surface area contributed by atoms with E-state index in [1.165, 1.54) is 0 Å². The Bertz CT molecular complexity index is 510. The van der Waals surface area contributed by atoms with Gasteiger partial charge in [-0.3, -0.25) is 9.59 Å². The van der Waals surface area contributed by atoms with Crippen LogP contribution in [0.2, 0.25) is 0 Å². The van der Waals surface area contributed by atoms with E-state index < -0.39 is 0 Å². The number of ketones is 1. The molecule has 20 heavy (non-hydrogen) atoms. The van der Waals surface area contributed by atoms with Crippen LogP contribution in [0.4, 0.5) is 0 Å². The minimum Gasteiger partial charge on any atom is -0.496 e. The highest BCUT2D eigenvalue weighted by Crippen LogP contribution is 2.23. The summed E-state index contributed by atoms with van der Waals surface area (Å²) in [5.41, 5.74) is 1.55. The van der Waals surface area contributed by atoms with Crippen LogP contribution in [0.5, 0.6) is 5.75 Å². The normalized spacial score (nSPS) is 15.9. The van der Waals surface area contributed by atoms with Gasteiger partial charge in [0.05, 0.1) is 7.11 Å². The van der Waals surface area contributed by atoms with E-state index in [2.05, 4.69) is 0 Å². The number of ether oxygens (including phenoxy) is 1. The monoisotopic (exact) mass is 275 g/mol. The topological polar surface area (TPSA) is 46.6 Å². The van der Waals surface area contributed by atoms with Gasteiger partial charge in [0.15, 0.2) is 5.78 Å². The van der Waals surface area contributed by atoms with Crippen LogP contribution in [0.1, 0.15) is 48.5 Å². The summed E-state index contributed by atoms with van der Waals surface area (Å²) in [7, 11) is 1.61. The number of hydrogen-bond acceptors (Lipinski definition) is 3. The maximum atomic E-state index is 12.1. The molecular formula is C16H21NO3. The van der Waals surface area contributed by atoms with Gasteiger partial charge in [0, 0.05) is 30.6 Å². The third kappa shape index (κ3) is 3.38. The Balaban J connectivity index is 2.23. The van der Waals surface area contributed by atoms with Crippen molar-refractivity contribution < 1.29 is 14.3 Å². The standard InChI is InChI=1S/C16H21NO3/c1-12(18)13-7-8-15(20-2)14(10-13)11-17-9-5-3-4-6-16(17)19/h7-8,10H,3-6,9,11H2,1-2H3. The molecule has 1 aromatic rings. The average Bonchev–Trinajstić information content (AvgIpc) is 2.64. The van der Waals surface area contributed by atoms with Crippen molar-refractivity contribution in [1.82, 2.24) is 4.90 Å². The van der Waals surface area contributed by atoms with Crippen molar-refractivity contribution in [2.75, 3.05) is 13.7 Å². The van der Waals surface area contributed by atoms with Crippen LogP contribution in [0, 0.1) is 0 Å². The summed E-state index contributed by atoms with van der Waals surface area (Å²) in [6.45, 7) is 2.85. The zero-order valence-electron chi connectivity index (χ0n) is 12.1. The molecule has 2 rings (SSSR count). The molecular weight excluding hydrogens is 254 g/mol. The molecule has 4 heteroatoms. The fraction of sp³-hybridized carbons (Fsp3) is 0.500. The van der Waals surface area contributed by atoms with Crippen molar-refractivity contribution in [3.8, 4) is 5.75 Å². The quantitative estimate of drug-likeness (QED) is 0.794. The molecule has 0 bridgehead atoms. The Morgan fingerprint density at radius 1 is 1.30 bits per heavy atom. The second-order valence-corrected chi connectivity index (χ2v) is 5.21. The number of carbonyl (C=O) groups is 2. The Morgan fingerprint density at radius 3 is 2.80 bits per heavy atom. The molecule has 0 spiro atoms. The molecule has 1 fully saturated rings. The molecule has 1 saturated heterocycles. The summed E-state index contributed by atoms with van der Waals surface area (Å²) < 4.78 is 5.34. The summed E-state index contributed by atoms with van der Waals surface area (Å²) in [5, 5.41) is 0. The summed E-state index contributed by atoms with van der Waals surface area (Å²) in [6.07, 6.45) is 3.74. The molecule has 0 aromatic heterocycles. The first-order chi connectivity index (χ1) is 9.61. The number of benzene rings is 1. The predicted octanol–water partition coefficient (Wildman–Crippen LogP) is 2.80. The minimum absolute atomic E-state index is 0.0242. The van der Waals surface area contributed by atoms with Gasteiger partial charge in [-0.1, -0.05) is 6.42 Å². The first-order valence-electron chi connectivity index (χ1n) is 7.07. The lowest BCUT2D eigenvalue weighted by molar-refractivity contribution is -0.131. The maximum absolute atomic E-state index is 12.1. The number of hydrogen-bond donors (Lipinski definition) is 0. The number of methoxy groups -OCH3 is 1. The molecule has 0 atom stereocenters. The zero-order chi connectivity index (χ0) is 14.5. The lowest BCUT2D eigenvalue weighted by Gasteiger charge is -2.22. The van der Waals surface area contributed by atoms with Crippen molar-refractivity contribution in [2.45, 2.75) is 39.2 Å². The number of amides is 1. The van der Waals surface area contributed by atoms with Gasteiger partial charge in [-0.2, -0.15) is 0 Å². The van der Waals surface area contributed by atoms with Crippen LogP contribution in [-0.4, -0.2) is 30.2 Å². The van der Waals surface area contributed by atoms with Gasteiger partial charge >= 0.3 is 0 Å². The molecule has 108 valence electrons. The first kappa shape index (κ1) is 14.6. The minimum atomic E-state index is 0.0242. The van der Waals surface area contributed by atoms with Crippen LogP contribution in [-0.2, 0) is 11.3 Å². The highest BCUT2D eigenvalue weighted by molar-refractivity contribution is 5.94. The van der Waals surface area contributed by atoms with Crippen molar-refractivity contribution in [3.05, 3.63) is 29.3 Å². The first-order valence-corrected chi connectivity index (χ1v) is 7.07. The van der Waals surface area contributed by atoms with Gasteiger partial charge in [-0.05, 0) is 38.0 Å². The average molecular weight is 275 g/mol. The highest BCUT2D eigenvalue weighted by atomic mass is 16.5. The molecule has 4 nitrogen and oxygen atoms in total. The van der Waals surface area contributed by atoms with Crippen molar-refractivity contribution >= 4 is 11.7 Å². The molecule has 0 N–H and O–H groups in total. The van der Waals surface area contributed by atoms with Crippen molar-refractivity contribution in [1.29, 1.82) is 0 Å². The molecule has 0 saturated carbocycles. The van der Waals surface area contributed by atoms with Crippen LogP contribution in [0.3, 0.4) is 0 Å². The van der Waals surface area contributed by atoms with Gasteiger partial charge < -0.3 is 9.64 Å². The Kier molecular flexibility index (Phi) is 4.77. The smallest absolute Gasteiger partial charge is 0.222 e. The SMILES string of the molecule is COc1ccc(C(C)=O)cc1CN1CCCCCC1=O. The number of nitrogens with zero attached hydrogens (tertiary/aromatic N) is 1. The fourth-order valence-corrected chi connectivity index (χ4v) is 2.53. The van der Waals surface area contributed by atoms with Gasteiger partial charge in [-0.25, -0.2) is 0 Å². The summed E-state index contributed by atoms with van der Waals surface area (Å²) in [4.78, 5) is 25.4. The Labute approximate surface area is 119 Å². The number of carbonyl (C=O) groups excluding carboxylic acids is 2. The van der Waals surface area contributed by atoms with E-state index in [4.69, 9.17) is 4.74 Å². The summed E-state index contributed by atoms with van der Waals surface area (Å²) in [5.74, 6) is 0.945. The van der Waals surface area contributed by atoms with Gasteiger partial charge in [0.1, 0.15) is 5.75 Å². The van der Waals surface area contributed by atoms with E-state index in [9.17, 15) is 9.59 Å². The van der Waals surface area contributed by atoms with Gasteiger partial charge in [0.2, 0.25) is 5.91 Å². The zero-order valence-corrected chi connectivity index (χ0v) is 12.1. The van der Waals surface area contributed by atoms with Crippen LogP contribution in [0.25, 0.3) is 0 Å². The van der Waals surface area contributed by atoms with E-state index >= 15 is 0 Å². The molecule has 0 unspecified atom stereocenters. The molecule has 1 aliphatic rings. The Morgan fingerprint density at radius 2 is 2.10 bits per heavy atom. The van der Waals surface area contributed by atoms with Gasteiger partial charge in [0.25, 0.3) is 0 Å². The number of rotatable bonds is 4. The molecule has 0 aliphatic carbocycles. The fourth-order valence-electron chi connectivity index (χ4n) is 2.53. The molecule has 1 amide bonds. The van der Waals surface area contributed by atoms with E-state index in [0.29, 0.717) is 18.5 Å². The highest BCUT2D eigenvalue weighted by Gasteiger charge is 2.18. The van der Waals surface area contributed by atoms with Gasteiger partial charge in [-0.15, -0.1) is 0 Å². The van der Waals surface area contributed by atoms with Crippen LogP contribution in [0.15, 0.2) is 18.2 Å². The second kappa shape index (κ2) is 6.55. The van der Waals surface area contributed by atoms with Crippen LogP contribution >= 0.6 is 0 Å². The number of Topliss-reactive ketones (excluding diaryl/α,β-unsaturated/α-hetero) is 1. The van der Waals surface area contributed by atoms with E-state index in [1.807, 2.05) is 11.0 Å². The van der Waals surface area contributed by atoms with Crippen molar-refractivity contribution in [2.24, 2.45) is 0 Å². The van der Waals surface area contributed by atoms with Crippen LogP contribution < -0.4 is 4.74 Å². The molecule has 1 heterocycles. The third-order valence-electron chi connectivity index (χ3n) is 3.72. The summed E-state index contributed by atoms with van der Waals surface area (Å²) in [6, 6.07) is 5.39. The second-order valence-electron chi connectivity index (χ2n) is 5.21. The third-order valence-corrected chi connectivity index (χ3v) is 3.72. The molecule has 1 aliphatic heterocycles. The summed E-state index contributed by atoms with van der Waals surface area (Å²) >= 11 is 0. The maximum Gasteiger partial charge on any atom is 0.222 e. The lowest BCUT2D eigenvalue weighted by Crippen LogP contribution is -2.29. The molecule has 1 aromatic carbocycles. The molecule has 0 radical (unpaired) electrons. The largest absolute Gasteiger partial charge is 0.496 e. The van der Waals surface area contributed by atoms with E-state index in [1.54, 1.807) is 26.2 Å². The lowest BCUT2D eigenvalue weighted by atomic mass is 10.1. The van der Waals surface area contributed by atoms with E-state index in [0.717, 1.165) is 37.1 Å². The van der Waals surface area contributed by atoms with E-state index in [-0.39, 0.29) is 11.7 Å². The predicted molar refractivity (Wildman–Crippen MR) is 76.9 cm³/mol. The Hall–Kier alpha value is -1.84. The number of likely N-dealkylation sites (tertiary alicyclic amines) is 1. The van der Waals surface area contributed by atoms with Crippen molar-refractivity contribution in [3.63, 3.8) is 0 Å².